The fraction of sp³-hybridized carbons (Fsp3) is 0.500. The third-order valence-corrected chi connectivity index (χ3v) is 6.58. The number of hydrogen-bond acceptors (Lipinski definition) is 3. The molecule has 0 amide bonds. The van der Waals surface area contributed by atoms with E-state index in [9.17, 15) is 23.4 Å². The molecule has 3 nitrogen and oxygen atoms in total. The topological polar surface area (TPSA) is 53.4 Å². The number of rotatable bonds is 3. The van der Waals surface area contributed by atoms with Gasteiger partial charge in [-0.25, -0.2) is 0 Å². The maximum Gasteiger partial charge on any atom is 0.416 e. The van der Waals surface area contributed by atoms with Crippen LogP contribution in [-0.2, 0) is 12.6 Å². The Morgan fingerprint density at radius 3 is 2.28 bits per heavy atom. The second-order valence-corrected chi connectivity index (χ2v) is 9.90. The molecule has 0 saturated heterocycles. The molecular weight excluding hydrogens is 494 g/mol. The van der Waals surface area contributed by atoms with Crippen LogP contribution in [0.25, 0.3) is 0 Å². The van der Waals surface area contributed by atoms with E-state index in [1.807, 2.05) is 13.8 Å². The summed E-state index contributed by atoms with van der Waals surface area (Å²) in [7, 11) is 0. The molecule has 2 N–H and O–H groups in total. The standard InChI is InChI=1S/C22H25F3INO2/c1-11(2)19-17(20(29)12-5-7-13(8-6-12)22(23,24)25)18(26)16-14(27-19)9-21(3,4)10-15(16)28/h5-8,11,15,20,28-29H,9-10H2,1-4H3/t15-,20+/m0/s1. The number of alkyl halides is 3. The smallest absolute Gasteiger partial charge is 0.388 e. The van der Waals surface area contributed by atoms with Crippen molar-refractivity contribution in [2.24, 2.45) is 5.41 Å². The normalized spacial score (nSPS) is 19.9. The molecule has 3 rings (SSSR count). The largest absolute Gasteiger partial charge is 0.416 e. The molecule has 0 fully saturated rings. The Labute approximate surface area is 182 Å². The first-order valence-corrected chi connectivity index (χ1v) is 10.6. The zero-order valence-electron chi connectivity index (χ0n) is 16.8. The third kappa shape index (κ3) is 4.46. The molecule has 1 aliphatic rings. The first-order chi connectivity index (χ1) is 13.3. The van der Waals surface area contributed by atoms with E-state index in [0.29, 0.717) is 23.2 Å². The summed E-state index contributed by atoms with van der Waals surface area (Å²) in [5.41, 5.74) is 2.38. The molecule has 0 spiro atoms. The SMILES string of the molecule is CC(C)c1nc2c(c(I)c1[C@H](O)c1ccc(C(F)(F)F)cc1)[C@@H](O)CC(C)(C)C2. The van der Waals surface area contributed by atoms with Crippen molar-refractivity contribution in [2.45, 2.75) is 64.8 Å². The molecule has 1 aliphatic carbocycles. The van der Waals surface area contributed by atoms with Gasteiger partial charge in [0, 0.05) is 20.4 Å². The van der Waals surface area contributed by atoms with Crippen molar-refractivity contribution in [3.05, 3.63) is 61.5 Å². The van der Waals surface area contributed by atoms with Crippen LogP contribution in [0, 0.1) is 8.99 Å². The first kappa shape index (κ1) is 22.5. The van der Waals surface area contributed by atoms with Crippen molar-refractivity contribution in [1.29, 1.82) is 0 Å². The van der Waals surface area contributed by atoms with Crippen LogP contribution in [-0.4, -0.2) is 15.2 Å². The van der Waals surface area contributed by atoms with Gasteiger partial charge < -0.3 is 10.2 Å². The van der Waals surface area contributed by atoms with E-state index < -0.39 is 23.9 Å². The van der Waals surface area contributed by atoms with E-state index in [0.717, 1.165) is 33.4 Å². The quantitative estimate of drug-likeness (QED) is 0.496. The Morgan fingerprint density at radius 2 is 1.76 bits per heavy atom. The lowest BCUT2D eigenvalue weighted by molar-refractivity contribution is -0.137. The highest BCUT2D eigenvalue weighted by molar-refractivity contribution is 14.1. The number of aliphatic hydroxyl groups is 2. The molecule has 1 aromatic heterocycles. The maximum absolute atomic E-state index is 12.9. The van der Waals surface area contributed by atoms with E-state index in [-0.39, 0.29) is 11.3 Å². The number of pyridine rings is 1. The average molecular weight is 519 g/mol. The molecule has 2 aromatic rings. The molecule has 0 bridgehead atoms. The molecule has 1 heterocycles. The molecule has 158 valence electrons. The van der Waals surface area contributed by atoms with Gasteiger partial charge in [-0.05, 0) is 64.5 Å². The van der Waals surface area contributed by atoms with Crippen molar-refractivity contribution in [1.82, 2.24) is 4.98 Å². The Kier molecular flexibility index (Phi) is 6.06. The molecule has 0 radical (unpaired) electrons. The maximum atomic E-state index is 12.9. The number of aromatic nitrogens is 1. The number of nitrogens with zero attached hydrogens (tertiary/aromatic N) is 1. The van der Waals surface area contributed by atoms with Crippen LogP contribution in [0.5, 0.6) is 0 Å². The molecule has 7 heteroatoms. The lowest BCUT2D eigenvalue weighted by Crippen LogP contribution is -2.29. The molecule has 0 unspecified atom stereocenters. The van der Waals surface area contributed by atoms with Crippen molar-refractivity contribution in [3.8, 4) is 0 Å². The highest BCUT2D eigenvalue weighted by Crippen LogP contribution is 2.45. The Bertz CT molecular complexity index is 908. The predicted molar refractivity (Wildman–Crippen MR) is 114 cm³/mol. The lowest BCUT2D eigenvalue weighted by Gasteiger charge is -2.36. The minimum atomic E-state index is -4.43. The van der Waals surface area contributed by atoms with Gasteiger partial charge in [0.25, 0.3) is 0 Å². The number of fused-ring (bicyclic) bond motifs is 1. The van der Waals surface area contributed by atoms with E-state index in [4.69, 9.17) is 4.98 Å². The van der Waals surface area contributed by atoms with Crippen LogP contribution in [0.15, 0.2) is 24.3 Å². The van der Waals surface area contributed by atoms with Gasteiger partial charge >= 0.3 is 6.18 Å². The average Bonchev–Trinajstić information content (AvgIpc) is 2.58. The fourth-order valence-corrected chi connectivity index (χ4v) is 5.24. The summed E-state index contributed by atoms with van der Waals surface area (Å²) in [5.74, 6) is 0.00935. The van der Waals surface area contributed by atoms with Crippen molar-refractivity contribution in [3.63, 3.8) is 0 Å². The monoisotopic (exact) mass is 519 g/mol. The number of aliphatic hydroxyl groups excluding tert-OH is 2. The van der Waals surface area contributed by atoms with Gasteiger partial charge in [-0.15, -0.1) is 0 Å². The van der Waals surface area contributed by atoms with Gasteiger partial charge in [0.2, 0.25) is 0 Å². The fourth-order valence-electron chi connectivity index (χ4n) is 4.00. The van der Waals surface area contributed by atoms with Crippen LogP contribution < -0.4 is 0 Å². The predicted octanol–water partition coefficient (Wildman–Crippen LogP) is 5.92. The Balaban J connectivity index is 2.12. The minimum absolute atomic E-state index is 0.00935. The van der Waals surface area contributed by atoms with E-state index in [2.05, 4.69) is 36.4 Å². The second-order valence-electron chi connectivity index (χ2n) is 8.82. The molecule has 0 aliphatic heterocycles. The molecule has 29 heavy (non-hydrogen) atoms. The Hall–Kier alpha value is -1.19. The van der Waals surface area contributed by atoms with Crippen molar-refractivity contribution >= 4 is 22.6 Å². The van der Waals surface area contributed by atoms with E-state index >= 15 is 0 Å². The van der Waals surface area contributed by atoms with E-state index in [1.165, 1.54) is 12.1 Å². The highest BCUT2D eigenvalue weighted by Gasteiger charge is 2.37. The summed E-state index contributed by atoms with van der Waals surface area (Å²) in [5, 5.41) is 21.8. The third-order valence-electron chi connectivity index (χ3n) is 5.41. The second kappa shape index (κ2) is 7.81. The number of hydrogen-bond donors (Lipinski definition) is 2. The van der Waals surface area contributed by atoms with Gasteiger partial charge in [-0.1, -0.05) is 39.8 Å². The number of benzene rings is 1. The van der Waals surface area contributed by atoms with Gasteiger partial charge in [0.05, 0.1) is 17.4 Å². The van der Waals surface area contributed by atoms with Crippen molar-refractivity contribution in [2.75, 3.05) is 0 Å². The van der Waals surface area contributed by atoms with Crippen LogP contribution in [0.2, 0.25) is 0 Å². The molecule has 0 saturated carbocycles. The first-order valence-electron chi connectivity index (χ1n) is 9.57. The summed E-state index contributed by atoms with van der Waals surface area (Å²) >= 11 is 2.13. The van der Waals surface area contributed by atoms with Crippen LogP contribution in [0.3, 0.4) is 0 Å². The van der Waals surface area contributed by atoms with Gasteiger partial charge in [-0.2, -0.15) is 13.2 Å². The zero-order valence-corrected chi connectivity index (χ0v) is 19.0. The molecular formula is C22H25F3INO2. The van der Waals surface area contributed by atoms with Crippen LogP contribution in [0.4, 0.5) is 13.2 Å². The number of halogens is 4. The Morgan fingerprint density at radius 1 is 1.17 bits per heavy atom. The van der Waals surface area contributed by atoms with Crippen LogP contribution in [0.1, 0.15) is 85.9 Å². The summed E-state index contributed by atoms with van der Waals surface area (Å²) in [6.45, 7) is 8.12. The minimum Gasteiger partial charge on any atom is -0.388 e. The molecule has 1 aromatic carbocycles. The summed E-state index contributed by atoms with van der Waals surface area (Å²) in [6, 6.07) is 4.55. The molecule has 2 atom stereocenters. The zero-order chi connectivity index (χ0) is 21.7. The lowest BCUT2D eigenvalue weighted by atomic mass is 9.74. The summed E-state index contributed by atoms with van der Waals surface area (Å²) in [6.07, 6.45) is -4.92. The van der Waals surface area contributed by atoms with Crippen molar-refractivity contribution < 1.29 is 23.4 Å². The van der Waals surface area contributed by atoms with Gasteiger partial charge in [-0.3, -0.25) is 4.98 Å². The van der Waals surface area contributed by atoms with Gasteiger partial charge in [0.1, 0.15) is 6.10 Å². The summed E-state index contributed by atoms with van der Waals surface area (Å²) in [4.78, 5) is 4.82. The highest BCUT2D eigenvalue weighted by atomic mass is 127. The van der Waals surface area contributed by atoms with Gasteiger partial charge in [0.15, 0.2) is 0 Å². The van der Waals surface area contributed by atoms with E-state index in [1.54, 1.807) is 0 Å². The summed E-state index contributed by atoms with van der Waals surface area (Å²) < 4.78 is 39.4. The van der Waals surface area contributed by atoms with Crippen LogP contribution >= 0.6 is 22.6 Å².